The Kier molecular flexibility index (Phi) is 5.22. The number of rotatable bonds is 6. The van der Waals surface area contributed by atoms with E-state index < -0.39 is 21.5 Å². The number of sulfone groups is 1. The van der Waals surface area contributed by atoms with Crippen molar-refractivity contribution in [2.45, 2.75) is 23.8 Å². The van der Waals surface area contributed by atoms with Gasteiger partial charge in [0.1, 0.15) is 11.5 Å². The van der Waals surface area contributed by atoms with Crippen LogP contribution in [-0.4, -0.2) is 38.0 Å². The molecule has 182 valence electrons. The maximum Gasteiger partial charge on any atom is 0.157 e. The molecule has 0 bridgehead atoms. The van der Waals surface area contributed by atoms with Crippen LogP contribution in [0.25, 0.3) is 39.0 Å². The quantitative estimate of drug-likeness (QED) is 0.331. The Labute approximate surface area is 206 Å². The predicted molar refractivity (Wildman–Crippen MR) is 132 cm³/mol. The Morgan fingerprint density at radius 1 is 0.917 bits per heavy atom. The van der Waals surface area contributed by atoms with Crippen LogP contribution in [0.1, 0.15) is 18.4 Å². The molecule has 0 unspecified atom stereocenters. The number of aromatic nitrogens is 5. The van der Waals surface area contributed by atoms with Crippen molar-refractivity contribution in [2.75, 3.05) is 0 Å². The summed E-state index contributed by atoms with van der Waals surface area (Å²) in [7, 11) is -1.47. The van der Waals surface area contributed by atoms with Gasteiger partial charge in [0.05, 0.1) is 35.1 Å². The van der Waals surface area contributed by atoms with E-state index in [1.807, 2.05) is 31.6 Å². The van der Waals surface area contributed by atoms with E-state index in [-0.39, 0.29) is 16.7 Å². The first-order valence-corrected chi connectivity index (χ1v) is 13.1. The zero-order valence-electron chi connectivity index (χ0n) is 19.3. The van der Waals surface area contributed by atoms with Crippen molar-refractivity contribution < 1.29 is 17.2 Å². The van der Waals surface area contributed by atoms with Crippen LogP contribution in [0.3, 0.4) is 0 Å². The van der Waals surface area contributed by atoms with Gasteiger partial charge in [0, 0.05) is 47.8 Å². The van der Waals surface area contributed by atoms with Gasteiger partial charge in [-0.25, -0.2) is 21.7 Å². The summed E-state index contributed by atoms with van der Waals surface area (Å²) in [4.78, 5) is 3.94. The van der Waals surface area contributed by atoms with Crippen molar-refractivity contribution in [1.82, 2.24) is 24.4 Å². The summed E-state index contributed by atoms with van der Waals surface area (Å²) in [5.74, 6) is -1.76. The normalized spacial score (nSPS) is 14.0. The average Bonchev–Trinajstić information content (AvgIpc) is 3.49. The molecule has 0 saturated heterocycles. The fourth-order valence-electron chi connectivity index (χ4n) is 4.42. The van der Waals surface area contributed by atoms with Gasteiger partial charge in [0.2, 0.25) is 0 Å². The van der Waals surface area contributed by atoms with Crippen LogP contribution >= 0.6 is 0 Å². The molecule has 1 saturated carbocycles. The van der Waals surface area contributed by atoms with Crippen molar-refractivity contribution >= 4 is 15.4 Å². The molecular formula is C26H21F2N5O2S. The number of nitrogens with zero attached hydrogens (tertiary/aromatic N) is 5. The molecule has 0 amide bonds. The molecule has 0 radical (unpaired) electrons. The van der Waals surface area contributed by atoms with E-state index in [1.165, 1.54) is 0 Å². The van der Waals surface area contributed by atoms with Crippen molar-refractivity contribution in [1.29, 1.82) is 0 Å². The van der Waals surface area contributed by atoms with Crippen molar-refractivity contribution in [2.24, 2.45) is 7.05 Å². The summed E-state index contributed by atoms with van der Waals surface area (Å²) in [5.41, 5.74) is 4.95. The van der Waals surface area contributed by atoms with Crippen LogP contribution in [0, 0.1) is 11.6 Å². The Hall–Kier alpha value is -3.92. The first-order chi connectivity index (χ1) is 17.3. The highest BCUT2D eigenvalue weighted by Crippen LogP contribution is 2.35. The highest BCUT2D eigenvalue weighted by molar-refractivity contribution is 7.91. The zero-order valence-corrected chi connectivity index (χ0v) is 20.1. The Balaban J connectivity index is 1.47. The Morgan fingerprint density at radius 2 is 1.72 bits per heavy atom. The third-order valence-electron chi connectivity index (χ3n) is 6.34. The summed E-state index contributed by atoms with van der Waals surface area (Å²) >= 11 is 0. The maximum absolute atomic E-state index is 14.6. The van der Waals surface area contributed by atoms with Gasteiger partial charge >= 0.3 is 0 Å². The monoisotopic (exact) mass is 505 g/mol. The molecule has 5 aromatic rings. The van der Waals surface area contributed by atoms with Crippen LogP contribution < -0.4 is 0 Å². The SMILES string of the molecule is Cn1cc(-c2ccc3c(-c4cc(CS(=O)(=O)C5CC5)cc(-c5ncc(F)cc5F)c4)cnn3c2)cn1. The van der Waals surface area contributed by atoms with Gasteiger partial charge in [-0.1, -0.05) is 6.07 Å². The third-order valence-corrected chi connectivity index (χ3v) is 8.56. The van der Waals surface area contributed by atoms with Crippen molar-refractivity contribution in [3.63, 3.8) is 0 Å². The van der Waals surface area contributed by atoms with Crippen molar-refractivity contribution in [3.05, 3.63) is 84.6 Å². The summed E-state index contributed by atoms with van der Waals surface area (Å²) in [6.07, 6.45) is 9.53. The summed E-state index contributed by atoms with van der Waals surface area (Å²) < 4.78 is 57.1. The number of fused-ring (bicyclic) bond motifs is 1. The molecule has 0 atom stereocenters. The lowest BCUT2D eigenvalue weighted by Crippen LogP contribution is -2.10. The zero-order chi connectivity index (χ0) is 25.0. The molecule has 0 aliphatic heterocycles. The molecule has 4 heterocycles. The largest absolute Gasteiger partial charge is 0.275 e. The fraction of sp³-hybridized carbons (Fsp3) is 0.192. The first kappa shape index (κ1) is 22.5. The lowest BCUT2D eigenvalue weighted by molar-refractivity contribution is 0.576. The number of hydrogen-bond donors (Lipinski definition) is 0. The van der Waals surface area contributed by atoms with E-state index in [1.54, 1.807) is 39.8 Å². The topological polar surface area (TPSA) is 82.1 Å². The minimum absolute atomic E-state index is 0.0429. The van der Waals surface area contributed by atoms with Crippen LogP contribution in [0.15, 0.2) is 67.4 Å². The highest BCUT2D eigenvalue weighted by atomic mass is 32.2. The molecule has 1 aliphatic carbocycles. The molecule has 36 heavy (non-hydrogen) atoms. The molecule has 7 nitrogen and oxygen atoms in total. The van der Waals surface area contributed by atoms with E-state index in [0.29, 0.717) is 29.5 Å². The molecule has 1 fully saturated rings. The summed E-state index contributed by atoms with van der Waals surface area (Å²) in [6.45, 7) is 0. The second kappa shape index (κ2) is 8.34. The van der Waals surface area contributed by atoms with Crippen LogP contribution in [-0.2, 0) is 22.6 Å². The fourth-order valence-corrected chi connectivity index (χ4v) is 6.14. The van der Waals surface area contributed by atoms with E-state index >= 15 is 0 Å². The second-order valence-electron chi connectivity index (χ2n) is 9.12. The third kappa shape index (κ3) is 4.17. The van der Waals surface area contributed by atoms with Gasteiger partial charge < -0.3 is 0 Å². The van der Waals surface area contributed by atoms with Gasteiger partial charge in [-0.2, -0.15) is 10.2 Å². The number of aryl methyl sites for hydroxylation is 1. The van der Waals surface area contributed by atoms with Gasteiger partial charge in [-0.15, -0.1) is 0 Å². The molecule has 0 spiro atoms. The van der Waals surface area contributed by atoms with Crippen molar-refractivity contribution in [3.8, 4) is 33.5 Å². The van der Waals surface area contributed by atoms with Gasteiger partial charge in [0.15, 0.2) is 15.7 Å². The van der Waals surface area contributed by atoms with Crippen LogP contribution in [0.5, 0.6) is 0 Å². The minimum Gasteiger partial charge on any atom is -0.275 e. The first-order valence-electron chi connectivity index (χ1n) is 11.4. The second-order valence-corrected chi connectivity index (χ2v) is 11.4. The van der Waals surface area contributed by atoms with E-state index in [4.69, 9.17) is 0 Å². The molecule has 1 aliphatic rings. The summed E-state index contributed by atoms with van der Waals surface area (Å²) in [6, 6.07) is 9.78. The summed E-state index contributed by atoms with van der Waals surface area (Å²) in [5, 5.41) is 8.38. The molecule has 0 N–H and O–H groups in total. The average molecular weight is 506 g/mol. The highest BCUT2D eigenvalue weighted by Gasteiger charge is 2.35. The maximum atomic E-state index is 14.6. The number of hydrogen-bond acceptors (Lipinski definition) is 5. The molecule has 1 aromatic carbocycles. The van der Waals surface area contributed by atoms with E-state index in [0.717, 1.165) is 34.5 Å². The predicted octanol–water partition coefficient (Wildman–Crippen LogP) is 4.82. The number of halogens is 2. The minimum atomic E-state index is -3.32. The van der Waals surface area contributed by atoms with Crippen LogP contribution in [0.4, 0.5) is 8.78 Å². The van der Waals surface area contributed by atoms with E-state index in [2.05, 4.69) is 15.2 Å². The van der Waals surface area contributed by atoms with Crippen LogP contribution in [0.2, 0.25) is 0 Å². The smallest absolute Gasteiger partial charge is 0.157 e. The molecule has 4 aromatic heterocycles. The van der Waals surface area contributed by atoms with Gasteiger partial charge in [-0.3, -0.25) is 9.67 Å². The lowest BCUT2D eigenvalue weighted by Gasteiger charge is -2.11. The molecule has 10 heteroatoms. The Morgan fingerprint density at radius 3 is 2.44 bits per heavy atom. The van der Waals surface area contributed by atoms with Gasteiger partial charge in [-0.05, 0) is 48.2 Å². The Bertz CT molecular complexity index is 1740. The molecule has 6 rings (SSSR count). The standard InChI is InChI=1S/C26H21F2N5O2S/c1-32-13-20(10-30-32)17-2-5-25-23(12-31-33(25)14-17)18-6-16(15-36(34,35)22-3-4-22)7-19(8-18)26-24(28)9-21(27)11-29-26/h2,5-14,22H,3-4,15H2,1H3. The number of pyridine rings is 2. The number of benzene rings is 1. The van der Waals surface area contributed by atoms with E-state index in [9.17, 15) is 17.2 Å². The lowest BCUT2D eigenvalue weighted by atomic mass is 9.99. The van der Waals surface area contributed by atoms with Gasteiger partial charge in [0.25, 0.3) is 0 Å². The molecular weight excluding hydrogens is 484 g/mol.